The molecule has 0 aliphatic rings. The molecule has 10 heteroatoms. The van der Waals surface area contributed by atoms with Gasteiger partial charge >= 0.3 is 23.9 Å². The van der Waals surface area contributed by atoms with E-state index < -0.39 is 49.3 Å². The molecule has 0 radical (unpaired) electrons. The number of benzene rings is 1. The summed E-state index contributed by atoms with van der Waals surface area (Å²) in [7, 11) is 1.14. The lowest BCUT2D eigenvalue weighted by Gasteiger charge is -2.13. The highest BCUT2D eigenvalue weighted by atomic mass is 16.6. The van der Waals surface area contributed by atoms with Gasteiger partial charge in [0.25, 0.3) is 0 Å². The summed E-state index contributed by atoms with van der Waals surface area (Å²) in [6, 6.07) is 5.75. The molecule has 10 nitrogen and oxygen atoms in total. The Balaban J connectivity index is 2.57. The molecule has 1 rings (SSSR count). The van der Waals surface area contributed by atoms with E-state index in [0.717, 1.165) is 19.3 Å². The zero-order valence-corrected chi connectivity index (χ0v) is 16.6. The van der Waals surface area contributed by atoms with Crippen molar-refractivity contribution < 1.29 is 48.3 Å². The first kappa shape index (κ1) is 24.8. The zero-order valence-electron chi connectivity index (χ0n) is 16.6. The molecule has 0 bridgehead atoms. The van der Waals surface area contributed by atoms with Crippen LogP contribution in [0.25, 0.3) is 0 Å². The van der Waals surface area contributed by atoms with E-state index in [1.807, 2.05) is 0 Å². The molecule has 164 valence electrons. The number of carbonyl (C=O) groups excluding carboxylic acids is 4. The number of methoxy groups -OCH3 is 1. The maximum Gasteiger partial charge on any atom is 0.339 e. The molecule has 0 heterocycles. The van der Waals surface area contributed by atoms with Crippen LogP contribution in [0.5, 0.6) is 0 Å². The van der Waals surface area contributed by atoms with Crippen LogP contribution in [0.15, 0.2) is 36.4 Å². The Bertz CT molecular complexity index is 771. The van der Waals surface area contributed by atoms with E-state index in [2.05, 4.69) is 4.74 Å². The van der Waals surface area contributed by atoms with Gasteiger partial charge in [0.15, 0.2) is 0 Å². The van der Waals surface area contributed by atoms with Crippen LogP contribution in [0, 0.1) is 0 Å². The average molecular weight is 424 g/mol. The first-order valence-electron chi connectivity index (χ1n) is 9.00. The minimum atomic E-state index is -1.33. The van der Waals surface area contributed by atoms with Crippen LogP contribution < -0.4 is 0 Å². The van der Waals surface area contributed by atoms with Gasteiger partial charge in [-0.15, -0.1) is 0 Å². The van der Waals surface area contributed by atoms with E-state index in [1.54, 1.807) is 6.92 Å². The summed E-state index contributed by atoms with van der Waals surface area (Å²) in [5.41, 5.74) is -0.140. The Kier molecular flexibility index (Phi) is 10.8. The van der Waals surface area contributed by atoms with Crippen molar-refractivity contribution in [2.45, 2.75) is 25.6 Å². The van der Waals surface area contributed by atoms with E-state index in [9.17, 15) is 29.4 Å². The largest absolute Gasteiger partial charge is 0.466 e. The second-order valence-electron chi connectivity index (χ2n) is 5.94. The van der Waals surface area contributed by atoms with Crippen LogP contribution in [0.2, 0.25) is 0 Å². The van der Waals surface area contributed by atoms with Crippen LogP contribution in [-0.4, -0.2) is 73.2 Å². The molecule has 30 heavy (non-hydrogen) atoms. The molecule has 0 saturated carbocycles. The van der Waals surface area contributed by atoms with Crippen molar-refractivity contribution in [3.63, 3.8) is 0 Å². The standard InChI is InChI=1S/C20H24O10/c1-3-13(21)10-29-19(25)15-6-4-5-7-16(15)20(26)30-12-14(22)11-28-18(24)9-8-17(23)27-2/h4-9,13-14,21-22H,3,10-12H2,1-2H3/b9-8+. The van der Waals surface area contributed by atoms with Gasteiger partial charge in [-0.1, -0.05) is 19.1 Å². The Labute approximate surface area is 173 Å². The third kappa shape index (κ3) is 8.84. The highest BCUT2D eigenvalue weighted by Crippen LogP contribution is 2.13. The van der Waals surface area contributed by atoms with E-state index in [4.69, 9.17) is 14.2 Å². The van der Waals surface area contributed by atoms with Gasteiger partial charge in [-0.25, -0.2) is 19.2 Å². The number of hydrogen-bond acceptors (Lipinski definition) is 10. The maximum atomic E-state index is 12.3. The van der Waals surface area contributed by atoms with Crippen LogP contribution in [0.4, 0.5) is 0 Å². The van der Waals surface area contributed by atoms with E-state index >= 15 is 0 Å². The van der Waals surface area contributed by atoms with Gasteiger partial charge in [0, 0.05) is 12.2 Å². The first-order chi connectivity index (χ1) is 14.3. The summed E-state index contributed by atoms with van der Waals surface area (Å²) in [6.07, 6.45) is -0.0685. The molecule has 0 spiro atoms. The van der Waals surface area contributed by atoms with Crippen molar-refractivity contribution in [2.24, 2.45) is 0 Å². The van der Waals surface area contributed by atoms with E-state index in [1.165, 1.54) is 24.3 Å². The fraction of sp³-hybridized carbons (Fsp3) is 0.400. The third-order valence-electron chi connectivity index (χ3n) is 3.63. The molecule has 0 aromatic heterocycles. The number of esters is 4. The highest BCUT2D eigenvalue weighted by molar-refractivity contribution is 6.03. The lowest BCUT2D eigenvalue weighted by atomic mass is 10.1. The van der Waals surface area contributed by atoms with Crippen molar-refractivity contribution in [1.29, 1.82) is 0 Å². The van der Waals surface area contributed by atoms with E-state index in [-0.39, 0.29) is 17.7 Å². The van der Waals surface area contributed by atoms with Crippen molar-refractivity contribution >= 4 is 23.9 Å². The van der Waals surface area contributed by atoms with Crippen molar-refractivity contribution in [3.8, 4) is 0 Å². The lowest BCUT2D eigenvalue weighted by Crippen LogP contribution is -2.26. The number of carbonyl (C=O) groups is 4. The van der Waals surface area contributed by atoms with Crippen molar-refractivity contribution in [3.05, 3.63) is 47.5 Å². The summed E-state index contributed by atoms with van der Waals surface area (Å²) in [4.78, 5) is 46.6. The second kappa shape index (κ2) is 13.1. The predicted molar refractivity (Wildman–Crippen MR) is 101 cm³/mol. The smallest absolute Gasteiger partial charge is 0.339 e. The van der Waals surface area contributed by atoms with Crippen molar-refractivity contribution in [1.82, 2.24) is 0 Å². The Morgan fingerprint density at radius 2 is 1.30 bits per heavy atom. The molecular formula is C20H24O10. The summed E-state index contributed by atoms with van der Waals surface area (Å²) in [5.74, 6) is -3.34. The second-order valence-corrected chi connectivity index (χ2v) is 5.94. The highest BCUT2D eigenvalue weighted by Gasteiger charge is 2.21. The normalized spacial score (nSPS) is 12.7. The van der Waals surface area contributed by atoms with Crippen molar-refractivity contribution in [2.75, 3.05) is 26.9 Å². The van der Waals surface area contributed by atoms with Gasteiger partial charge in [-0.2, -0.15) is 0 Å². The monoisotopic (exact) mass is 424 g/mol. The molecule has 0 amide bonds. The molecule has 0 aliphatic heterocycles. The number of aliphatic hydroxyl groups excluding tert-OH is 2. The molecule has 2 atom stereocenters. The summed E-state index contributed by atoms with van der Waals surface area (Å²) < 4.78 is 18.9. The SMILES string of the molecule is CCC(O)COC(=O)c1ccccc1C(=O)OCC(O)COC(=O)/C=C/C(=O)OC. The van der Waals surface area contributed by atoms with Gasteiger partial charge < -0.3 is 29.2 Å². The quantitative estimate of drug-likeness (QED) is 0.291. The first-order valence-corrected chi connectivity index (χ1v) is 9.00. The minimum absolute atomic E-state index is 0.0559. The van der Waals surface area contributed by atoms with Crippen LogP contribution in [0.3, 0.4) is 0 Å². The minimum Gasteiger partial charge on any atom is -0.466 e. The van der Waals surface area contributed by atoms with Crippen LogP contribution in [0.1, 0.15) is 34.1 Å². The summed E-state index contributed by atoms with van der Waals surface area (Å²) >= 11 is 0. The topological polar surface area (TPSA) is 146 Å². The predicted octanol–water partition coefficient (Wildman–Crippen LogP) is 0.404. The fourth-order valence-electron chi connectivity index (χ4n) is 1.93. The number of hydrogen-bond donors (Lipinski definition) is 2. The molecule has 0 fully saturated rings. The molecular weight excluding hydrogens is 400 g/mol. The maximum absolute atomic E-state index is 12.3. The molecule has 1 aromatic carbocycles. The molecule has 0 saturated heterocycles. The molecule has 1 aromatic rings. The number of aliphatic hydroxyl groups is 2. The van der Waals surface area contributed by atoms with Gasteiger partial charge in [0.1, 0.15) is 25.9 Å². The average Bonchev–Trinajstić information content (AvgIpc) is 2.77. The van der Waals surface area contributed by atoms with Gasteiger partial charge in [-0.3, -0.25) is 0 Å². The lowest BCUT2D eigenvalue weighted by molar-refractivity contribution is -0.142. The summed E-state index contributed by atoms with van der Waals surface area (Å²) in [5, 5.41) is 19.3. The summed E-state index contributed by atoms with van der Waals surface area (Å²) in [6.45, 7) is 0.510. The third-order valence-corrected chi connectivity index (χ3v) is 3.63. The zero-order chi connectivity index (χ0) is 22.5. The van der Waals surface area contributed by atoms with Gasteiger partial charge in [-0.05, 0) is 18.6 Å². The van der Waals surface area contributed by atoms with E-state index in [0.29, 0.717) is 6.42 Å². The number of rotatable bonds is 11. The number of ether oxygens (including phenoxy) is 4. The Morgan fingerprint density at radius 1 is 0.833 bits per heavy atom. The fourth-order valence-corrected chi connectivity index (χ4v) is 1.93. The Morgan fingerprint density at radius 3 is 1.80 bits per heavy atom. The van der Waals surface area contributed by atoms with Crippen LogP contribution in [-0.2, 0) is 28.5 Å². The Hall–Kier alpha value is -3.24. The van der Waals surface area contributed by atoms with Crippen LogP contribution >= 0.6 is 0 Å². The molecule has 2 N–H and O–H groups in total. The molecule has 2 unspecified atom stereocenters. The van der Waals surface area contributed by atoms with Gasteiger partial charge in [0.2, 0.25) is 0 Å². The molecule has 0 aliphatic carbocycles. The van der Waals surface area contributed by atoms with Gasteiger partial charge in [0.05, 0.1) is 24.3 Å².